The molecule has 3 aromatic rings. The number of hydrogen-bond acceptors (Lipinski definition) is 8. The molecule has 1 aliphatic rings. The van der Waals surface area contributed by atoms with Gasteiger partial charge in [0, 0.05) is 19.5 Å². The first-order chi connectivity index (χ1) is 15.1. The fourth-order valence-corrected chi connectivity index (χ4v) is 4.62. The summed E-state index contributed by atoms with van der Waals surface area (Å²) in [6.45, 7) is 2.33. The lowest BCUT2D eigenvalue weighted by atomic mass is 9.97. The van der Waals surface area contributed by atoms with Crippen molar-refractivity contribution in [3.05, 3.63) is 45.9 Å². The number of ether oxygens (including phenoxy) is 2. The highest BCUT2D eigenvalue weighted by atomic mass is 32.2. The zero-order chi connectivity index (χ0) is 21.8. The van der Waals surface area contributed by atoms with E-state index < -0.39 is 0 Å². The van der Waals surface area contributed by atoms with Gasteiger partial charge in [0.15, 0.2) is 22.5 Å². The van der Waals surface area contributed by atoms with Crippen LogP contribution in [0.15, 0.2) is 38.3 Å². The molecule has 0 fully saturated rings. The maximum Gasteiger partial charge on any atom is 0.262 e. The van der Waals surface area contributed by atoms with E-state index in [1.807, 2.05) is 0 Å². The Bertz CT molecular complexity index is 1170. The van der Waals surface area contributed by atoms with Crippen molar-refractivity contribution >= 4 is 22.7 Å². The molecule has 0 atom stereocenters. The summed E-state index contributed by atoms with van der Waals surface area (Å²) in [5, 5.41) is 5.08. The van der Waals surface area contributed by atoms with E-state index in [0.29, 0.717) is 51.6 Å². The molecule has 1 aliphatic carbocycles. The third-order valence-corrected chi connectivity index (χ3v) is 6.34. The molecule has 0 saturated carbocycles. The molecule has 31 heavy (non-hydrogen) atoms. The number of benzene rings is 1. The van der Waals surface area contributed by atoms with Crippen molar-refractivity contribution in [2.45, 2.75) is 56.5 Å². The second-order valence-corrected chi connectivity index (χ2v) is 8.39. The highest BCUT2D eigenvalue weighted by molar-refractivity contribution is 7.98. The van der Waals surface area contributed by atoms with Gasteiger partial charge >= 0.3 is 0 Å². The van der Waals surface area contributed by atoms with Gasteiger partial charge in [-0.05, 0) is 38.2 Å². The van der Waals surface area contributed by atoms with E-state index in [1.54, 1.807) is 37.8 Å². The quantitative estimate of drug-likeness (QED) is 0.290. The van der Waals surface area contributed by atoms with Gasteiger partial charge in [-0.1, -0.05) is 28.6 Å². The van der Waals surface area contributed by atoms with Gasteiger partial charge in [0.25, 0.3) is 5.56 Å². The fourth-order valence-electron chi connectivity index (χ4n) is 3.75. The third kappa shape index (κ3) is 4.76. The van der Waals surface area contributed by atoms with Crippen LogP contribution in [0.25, 0.3) is 10.9 Å². The average Bonchev–Trinajstić information content (AvgIpc) is 3.22. The van der Waals surface area contributed by atoms with Crippen molar-refractivity contribution in [1.29, 1.82) is 0 Å². The standard InChI is InChI=1S/C22H26N4O4S/c1-14-23-20(25-30-14)13-31-22-24-17-12-19(29-3)18(28-2)11-16(17)21(27)26(22)10-9-15-7-5-4-6-8-15/h7,11-12H,4-6,8-10,13H2,1-3H3. The zero-order valence-corrected chi connectivity index (χ0v) is 18.8. The Morgan fingerprint density at radius 2 is 1.97 bits per heavy atom. The number of aromatic nitrogens is 4. The first-order valence-corrected chi connectivity index (χ1v) is 11.3. The minimum Gasteiger partial charge on any atom is -0.493 e. The smallest absolute Gasteiger partial charge is 0.262 e. The second-order valence-electron chi connectivity index (χ2n) is 7.45. The summed E-state index contributed by atoms with van der Waals surface area (Å²) in [5.41, 5.74) is 1.90. The lowest BCUT2D eigenvalue weighted by molar-refractivity contribution is 0.355. The van der Waals surface area contributed by atoms with E-state index in [0.717, 1.165) is 19.3 Å². The Morgan fingerprint density at radius 3 is 2.65 bits per heavy atom. The van der Waals surface area contributed by atoms with E-state index in [4.69, 9.17) is 19.0 Å². The predicted octanol–water partition coefficient (Wildman–Crippen LogP) is 4.29. The van der Waals surface area contributed by atoms with E-state index in [1.165, 1.54) is 30.2 Å². The molecule has 1 aromatic carbocycles. The molecule has 2 aromatic heterocycles. The van der Waals surface area contributed by atoms with E-state index in [9.17, 15) is 4.79 Å². The molecule has 8 nitrogen and oxygen atoms in total. The third-order valence-electron chi connectivity index (χ3n) is 5.37. The van der Waals surface area contributed by atoms with Crippen molar-refractivity contribution in [2.75, 3.05) is 14.2 Å². The van der Waals surface area contributed by atoms with Crippen molar-refractivity contribution in [2.24, 2.45) is 0 Å². The van der Waals surface area contributed by atoms with Gasteiger partial charge in [0.2, 0.25) is 5.89 Å². The molecule has 9 heteroatoms. The van der Waals surface area contributed by atoms with Crippen molar-refractivity contribution in [3.8, 4) is 11.5 Å². The normalized spacial score (nSPS) is 14.0. The van der Waals surface area contributed by atoms with E-state index >= 15 is 0 Å². The maximum atomic E-state index is 13.4. The van der Waals surface area contributed by atoms with Crippen LogP contribution in [0.2, 0.25) is 0 Å². The molecule has 0 amide bonds. The summed E-state index contributed by atoms with van der Waals surface area (Å²) in [6.07, 6.45) is 7.84. The van der Waals surface area contributed by atoms with Crippen LogP contribution in [-0.2, 0) is 12.3 Å². The largest absolute Gasteiger partial charge is 0.493 e. The van der Waals surface area contributed by atoms with Gasteiger partial charge < -0.3 is 14.0 Å². The van der Waals surface area contributed by atoms with Crippen LogP contribution in [-0.4, -0.2) is 33.9 Å². The number of fused-ring (bicyclic) bond motifs is 1. The minimum atomic E-state index is -0.0887. The van der Waals surface area contributed by atoms with Crippen molar-refractivity contribution in [3.63, 3.8) is 0 Å². The van der Waals surface area contributed by atoms with Crippen LogP contribution in [0.4, 0.5) is 0 Å². The molecule has 0 N–H and O–H groups in total. The lowest BCUT2D eigenvalue weighted by Crippen LogP contribution is -2.24. The van der Waals surface area contributed by atoms with Gasteiger partial charge in [-0.2, -0.15) is 4.98 Å². The number of thioether (sulfide) groups is 1. The summed E-state index contributed by atoms with van der Waals surface area (Å²) in [6, 6.07) is 3.45. The molecule has 0 aliphatic heterocycles. The van der Waals surface area contributed by atoms with Crippen LogP contribution in [0.5, 0.6) is 11.5 Å². The minimum absolute atomic E-state index is 0.0887. The van der Waals surface area contributed by atoms with Crippen molar-refractivity contribution in [1.82, 2.24) is 19.7 Å². The molecule has 0 spiro atoms. The molecule has 0 unspecified atom stereocenters. The number of methoxy groups -OCH3 is 2. The predicted molar refractivity (Wildman–Crippen MR) is 119 cm³/mol. The number of hydrogen-bond donors (Lipinski definition) is 0. The van der Waals surface area contributed by atoms with Gasteiger partial charge in [0.05, 0.1) is 30.9 Å². The van der Waals surface area contributed by atoms with Gasteiger partial charge in [0.1, 0.15) is 0 Å². The Balaban J connectivity index is 1.72. The average molecular weight is 443 g/mol. The highest BCUT2D eigenvalue weighted by Crippen LogP contribution is 2.31. The Labute approximate surface area is 184 Å². The van der Waals surface area contributed by atoms with Gasteiger partial charge in [-0.15, -0.1) is 0 Å². The lowest BCUT2D eigenvalue weighted by Gasteiger charge is -2.17. The topological polar surface area (TPSA) is 92.3 Å². The number of aryl methyl sites for hydroxylation is 1. The van der Waals surface area contributed by atoms with Crippen LogP contribution in [0.1, 0.15) is 43.8 Å². The first-order valence-electron chi connectivity index (χ1n) is 10.4. The molecule has 4 rings (SSSR count). The van der Waals surface area contributed by atoms with Gasteiger partial charge in [-0.25, -0.2) is 4.98 Å². The van der Waals surface area contributed by atoms with E-state index in [2.05, 4.69) is 16.2 Å². The molecule has 0 bridgehead atoms. The first kappa shape index (κ1) is 21.4. The fraction of sp³-hybridized carbons (Fsp3) is 0.455. The molecular weight excluding hydrogens is 416 g/mol. The zero-order valence-electron chi connectivity index (χ0n) is 18.0. The number of nitrogens with zero attached hydrogens (tertiary/aromatic N) is 4. The van der Waals surface area contributed by atoms with Crippen LogP contribution < -0.4 is 15.0 Å². The van der Waals surface area contributed by atoms with Crippen LogP contribution in [0, 0.1) is 6.92 Å². The SMILES string of the molecule is COc1cc2nc(SCc3noc(C)n3)n(CCC3=CCCCC3)c(=O)c2cc1OC. The van der Waals surface area contributed by atoms with Crippen LogP contribution >= 0.6 is 11.8 Å². The molecule has 164 valence electrons. The summed E-state index contributed by atoms with van der Waals surface area (Å²) in [4.78, 5) is 22.5. The maximum absolute atomic E-state index is 13.4. The Hall–Kier alpha value is -2.81. The van der Waals surface area contributed by atoms with Gasteiger partial charge in [-0.3, -0.25) is 9.36 Å². The molecule has 2 heterocycles. The van der Waals surface area contributed by atoms with E-state index in [-0.39, 0.29) is 5.56 Å². The second kappa shape index (κ2) is 9.55. The summed E-state index contributed by atoms with van der Waals surface area (Å²) >= 11 is 1.43. The monoisotopic (exact) mass is 442 g/mol. The number of rotatable bonds is 8. The Morgan fingerprint density at radius 1 is 1.16 bits per heavy atom. The molecule has 0 saturated heterocycles. The van der Waals surface area contributed by atoms with Crippen molar-refractivity contribution < 1.29 is 14.0 Å². The summed E-state index contributed by atoms with van der Waals surface area (Å²) in [7, 11) is 3.12. The van der Waals surface area contributed by atoms with Crippen LogP contribution in [0.3, 0.4) is 0 Å². The number of allylic oxidation sites excluding steroid dienone is 2. The summed E-state index contributed by atoms with van der Waals surface area (Å²) in [5.74, 6) is 2.60. The molecular formula is C22H26N4O4S. The highest BCUT2D eigenvalue weighted by Gasteiger charge is 2.17. The Kier molecular flexibility index (Phi) is 6.60. The molecule has 0 radical (unpaired) electrons. The summed E-state index contributed by atoms with van der Waals surface area (Å²) < 4.78 is 17.6.